The number of piperazine rings is 1. The lowest BCUT2D eigenvalue weighted by Gasteiger charge is -2.43. The fourth-order valence-electron chi connectivity index (χ4n) is 7.41. The predicted octanol–water partition coefficient (Wildman–Crippen LogP) is 4.89. The van der Waals surface area contributed by atoms with Crippen LogP contribution in [0.3, 0.4) is 0 Å². The van der Waals surface area contributed by atoms with Gasteiger partial charge >= 0.3 is 6.01 Å². The van der Waals surface area contributed by atoms with E-state index in [2.05, 4.69) is 25.1 Å². The van der Waals surface area contributed by atoms with Crippen molar-refractivity contribution in [3.05, 3.63) is 29.3 Å². The maximum atomic E-state index is 16.9. The van der Waals surface area contributed by atoms with Gasteiger partial charge in [0.25, 0.3) is 0 Å². The maximum absolute atomic E-state index is 16.9. The summed E-state index contributed by atoms with van der Waals surface area (Å²) >= 11 is 1.11. The summed E-state index contributed by atoms with van der Waals surface area (Å²) in [5, 5.41) is 14.1. The number of fused-ring (bicyclic) bond motifs is 4. The largest absolute Gasteiger partial charge is 0.480 e. The molecule has 10 nitrogen and oxygen atoms in total. The Bertz CT molecular complexity index is 1870. The Morgan fingerprint density at radius 3 is 2.61 bits per heavy atom. The minimum absolute atomic E-state index is 0.00954. The first-order chi connectivity index (χ1) is 22.1. The van der Waals surface area contributed by atoms with Gasteiger partial charge in [-0.1, -0.05) is 6.92 Å². The molecule has 46 heavy (non-hydrogen) atoms. The average molecular weight is 653 g/mol. The van der Waals surface area contributed by atoms with Crippen LogP contribution in [-0.4, -0.2) is 85.6 Å². The van der Waals surface area contributed by atoms with Crippen molar-refractivity contribution in [1.82, 2.24) is 25.2 Å². The van der Waals surface area contributed by atoms with Crippen LogP contribution < -0.4 is 25.4 Å². The third kappa shape index (κ3) is 5.05. The number of rotatable bonds is 7. The van der Waals surface area contributed by atoms with Crippen LogP contribution in [0, 0.1) is 34.3 Å². The van der Waals surface area contributed by atoms with Gasteiger partial charge in [0.1, 0.15) is 39.3 Å². The predicted molar refractivity (Wildman–Crippen MR) is 171 cm³/mol. The molecule has 4 aromatic rings. The molecule has 0 unspecified atom stereocenters. The number of nitrogens with two attached hydrogens (primary N) is 1. The smallest absolute Gasteiger partial charge is 0.319 e. The molecule has 6 heterocycles. The highest BCUT2D eigenvalue weighted by Gasteiger charge is 2.40. The highest BCUT2D eigenvalue weighted by molar-refractivity contribution is 7.23. The minimum atomic E-state index is -0.910. The number of aromatic nitrogens is 3. The van der Waals surface area contributed by atoms with E-state index in [4.69, 9.17) is 20.2 Å². The molecule has 14 heteroatoms. The number of alkyl halides is 1. The van der Waals surface area contributed by atoms with Crippen LogP contribution in [0.2, 0.25) is 0 Å². The van der Waals surface area contributed by atoms with Crippen LogP contribution in [0.25, 0.3) is 32.2 Å². The van der Waals surface area contributed by atoms with E-state index in [9.17, 15) is 9.65 Å². The van der Waals surface area contributed by atoms with Crippen LogP contribution >= 0.6 is 11.3 Å². The van der Waals surface area contributed by atoms with E-state index in [0.29, 0.717) is 36.6 Å². The van der Waals surface area contributed by atoms with Crippen molar-refractivity contribution in [3.63, 3.8) is 0 Å². The monoisotopic (exact) mass is 652 g/mol. The van der Waals surface area contributed by atoms with E-state index in [1.807, 2.05) is 20.0 Å². The fraction of sp³-hybridized carbons (Fsp3) is 0.500. The van der Waals surface area contributed by atoms with Gasteiger partial charge in [0, 0.05) is 52.8 Å². The minimum Gasteiger partial charge on any atom is -0.480 e. The number of nitrogens with one attached hydrogen (secondary N) is 1. The number of likely N-dealkylation sites (tertiary alicyclic amines) is 1. The van der Waals surface area contributed by atoms with Gasteiger partial charge in [0.05, 0.1) is 26.0 Å². The van der Waals surface area contributed by atoms with Crippen molar-refractivity contribution >= 4 is 43.1 Å². The molecule has 0 radical (unpaired) electrons. The lowest BCUT2D eigenvalue weighted by Crippen LogP contribution is -2.51. The molecule has 7 rings (SSSR count). The molecule has 0 aliphatic carbocycles. The number of methoxy groups -OCH3 is 1. The van der Waals surface area contributed by atoms with Crippen molar-refractivity contribution in [2.75, 3.05) is 64.3 Å². The molecule has 0 saturated carbocycles. The molecule has 3 aliphatic rings. The number of ether oxygens (including phenoxy) is 2. The second-order valence-electron chi connectivity index (χ2n) is 12.9. The Morgan fingerprint density at radius 1 is 1.15 bits per heavy atom. The van der Waals surface area contributed by atoms with E-state index in [1.54, 1.807) is 0 Å². The number of nitriles is 1. The molecule has 0 spiro atoms. The summed E-state index contributed by atoms with van der Waals surface area (Å²) in [6.45, 7) is 4.28. The highest BCUT2D eigenvalue weighted by Crippen LogP contribution is 2.45. The first-order valence-electron chi connectivity index (χ1n) is 15.4. The second kappa shape index (κ2) is 11.7. The third-order valence-corrected chi connectivity index (χ3v) is 10.8. The highest BCUT2D eigenvalue weighted by atomic mass is 32.1. The van der Waals surface area contributed by atoms with Crippen LogP contribution in [-0.2, 0) is 0 Å². The Balaban J connectivity index is 1.42. The lowest BCUT2D eigenvalue weighted by atomic mass is 9.73. The normalized spacial score (nSPS) is 24.9. The van der Waals surface area contributed by atoms with Crippen molar-refractivity contribution in [2.24, 2.45) is 11.3 Å². The molecule has 3 aliphatic heterocycles. The topological polar surface area (TPSA) is 125 Å². The number of piperidine rings is 1. The number of anilines is 2. The number of benzene rings is 1. The quantitative estimate of drug-likeness (QED) is 0.285. The molecule has 4 atom stereocenters. The van der Waals surface area contributed by atoms with Crippen molar-refractivity contribution < 1.29 is 22.6 Å². The first-order valence-corrected chi connectivity index (χ1v) is 16.2. The average Bonchev–Trinajstić information content (AvgIpc) is 3.56. The number of nitrogens with zero attached hydrogens (tertiary/aromatic N) is 6. The van der Waals surface area contributed by atoms with Gasteiger partial charge in [0.15, 0.2) is 5.82 Å². The van der Waals surface area contributed by atoms with Crippen LogP contribution in [0.1, 0.15) is 31.7 Å². The van der Waals surface area contributed by atoms with Crippen molar-refractivity contribution in [1.29, 1.82) is 5.26 Å². The molecular weight excluding hydrogens is 617 g/mol. The van der Waals surface area contributed by atoms with Gasteiger partial charge in [-0.3, -0.25) is 4.39 Å². The molecule has 1 aromatic carbocycles. The molecule has 3 aromatic heterocycles. The second-order valence-corrected chi connectivity index (χ2v) is 14.0. The zero-order valence-corrected chi connectivity index (χ0v) is 26.7. The van der Waals surface area contributed by atoms with Crippen LogP contribution in [0.15, 0.2) is 12.1 Å². The number of hydrogen-bond donors (Lipinski definition) is 2. The number of hydrogen-bond acceptors (Lipinski definition) is 11. The number of nitrogen functional groups attached to an aromatic ring is 1. The van der Waals surface area contributed by atoms with Gasteiger partial charge in [0.2, 0.25) is 5.88 Å². The standard InChI is InChI=1S/C32H35F3N8O2S/c1-32(14-42(2)9-8-16(32)10-33)15-45-31-40-27-24(29(41-31)43-12-17-4-5-18(13-43)38-17)30(44-3)39-26(25(27)35)23-20(34)6-7-21-22(23)19(11-36)28(37)46-21/h6-7,16-18,38H,4-5,8-10,12-15,37H2,1-3H3/t16-,17-,18+,32+/m1/s1. The zero-order valence-electron chi connectivity index (χ0n) is 25.9. The molecule has 242 valence electrons. The Morgan fingerprint density at radius 2 is 1.91 bits per heavy atom. The zero-order chi connectivity index (χ0) is 32.3. The number of thiophene rings is 1. The van der Waals surface area contributed by atoms with Crippen LogP contribution in [0.5, 0.6) is 11.9 Å². The summed E-state index contributed by atoms with van der Waals surface area (Å²) in [5.41, 5.74) is 4.89. The fourth-order valence-corrected chi connectivity index (χ4v) is 8.34. The third-order valence-electron chi connectivity index (χ3n) is 9.80. The van der Waals surface area contributed by atoms with Crippen molar-refractivity contribution in [3.8, 4) is 29.2 Å². The van der Waals surface area contributed by atoms with E-state index < -0.39 is 23.7 Å². The van der Waals surface area contributed by atoms with E-state index in [1.165, 1.54) is 19.2 Å². The summed E-state index contributed by atoms with van der Waals surface area (Å²) in [5.74, 6) is -1.48. The van der Waals surface area contributed by atoms with E-state index in [0.717, 1.165) is 30.7 Å². The van der Waals surface area contributed by atoms with Gasteiger partial charge in [-0.25, -0.2) is 13.8 Å². The summed E-state index contributed by atoms with van der Waals surface area (Å²) in [7, 11) is 3.39. The van der Waals surface area contributed by atoms with Crippen LogP contribution in [0.4, 0.5) is 24.0 Å². The molecule has 3 saturated heterocycles. The SMILES string of the molecule is COc1nc(-c2c(F)ccc3sc(N)c(C#N)c23)c(F)c2nc(OC[C@]3(C)CN(C)CC[C@@H]3CF)nc(N3C[C@H]4CC[C@@H](C3)N4)c12. The molecule has 3 fully saturated rings. The van der Waals surface area contributed by atoms with Crippen molar-refractivity contribution in [2.45, 2.75) is 38.3 Å². The van der Waals surface area contributed by atoms with E-state index in [-0.39, 0.29) is 74.6 Å². The summed E-state index contributed by atoms with van der Waals surface area (Å²) in [6.07, 6.45) is 2.70. The Labute approximate surface area is 268 Å². The van der Waals surface area contributed by atoms with Gasteiger partial charge in [-0.2, -0.15) is 15.2 Å². The molecular formula is C32H35F3N8O2S. The number of pyridine rings is 1. The molecule has 2 bridgehead atoms. The summed E-state index contributed by atoms with van der Waals surface area (Å²) < 4.78 is 59.2. The lowest BCUT2D eigenvalue weighted by molar-refractivity contribution is 0.000321. The molecule has 0 amide bonds. The van der Waals surface area contributed by atoms with Gasteiger partial charge in [-0.15, -0.1) is 11.3 Å². The summed E-state index contributed by atoms with van der Waals surface area (Å²) in [4.78, 5) is 18.0. The Hall–Kier alpha value is -3.93. The van der Waals surface area contributed by atoms with E-state index >= 15 is 8.78 Å². The van der Waals surface area contributed by atoms with Gasteiger partial charge in [-0.05, 0) is 50.9 Å². The summed E-state index contributed by atoms with van der Waals surface area (Å²) in [6, 6.07) is 5.13. The maximum Gasteiger partial charge on any atom is 0.319 e. The first kappa shape index (κ1) is 30.7. The number of halogens is 3. The molecule has 3 N–H and O–H groups in total. The van der Waals surface area contributed by atoms with Gasteiger partial charge < -0.3 is 30.3 Å². The Kier molecular flexibility index (Phi) is 7.81.